The van der Waals surface area contributed by atoms with E-state index >= 15 is 0 Å². The summed E-state index contributed by atoms with van der Waals surface area (Å²) in [6, 6.07) is 15.6. The molecule has 6 heteroatoms. The molecule has 0 saturated heterocycles. The monoisotopic (exact) mass is 427 g/mol. The number of nitrogens with zero attached hydrogens (tertiary/aromatic N) is 1. The van der Waals surface area contributed by atoms with Crippen LogP contribution >= 0.6 is 0 Å². The van der Waals surface area contributed by atoms with Crippen molar-refractivity contribution in [2.75, 3.05) is 0 Å². The number of ether oxygens (including phenoxy) is 1. The molecular formula is C25H24F3NO2. The van der Waals surface area contributed by atoms with Gasteiger partial charge in [-0.3, -0.25) is 9.78 Å². The van der Waals surface area contributed by atoms with Crippen LogP contribution < -0.4 is 4.74 Å². The molecule has 1 heterocycles. The Labute approximate surface area is 180 Å². The fraction of sp³-hybridized carbons (Fsp3) is 0.200. The number of allylic oxidation sites excluding steroid dienone is 1. The largest absolute Gasteiger partial charge is 0.488 e. The van der Waals surface area contributed by atoms with Crippen molar-refractivity contribution in [3.8, 4) is 5.75 Å². The lowest BCUT2D eigenvalue weighted by molar-refractivity contribution is -0.138. The third-order valence-corrected chi connectivity index (χ3v) is 4.39. The van der Waals surface area contributed by atoms with Crippen LogP contribution in [0.2, 0.25) is 0 Å². The van der Waals surface area contributed by atoms with Crippen molar-refractivity contribution in [3.05, 3.63) is 107 Å². The summed E-state index contributed by atoms with van der Waals surface area (Å²) >= 11 is 0. The van der Waals surface area contributed by atoms with Crippen molar-refractivity contribution in [1.29, 1.82) is 0 Å². The zero-order valence-electron chi connectivity index (χ0n) is 17.4. The highest BCUT2D eigenvalue weighted by molar-refractivity contribution is 6.10. The summed E-state index contributed by atoms with van der Waals surface area (Å²) in [5.74, 6) is -0.0220. The summed E-state index contributed by atoms with van der Waals surface area (Å²) in [5.41, 5.74) is 1.20. The van der Waals surface area contributed by atoms with Crippen LogP contribution in [0.25, 0.3) is 0 Å². The van der Waals surface area contributed by atoms with Crippen LogP contribution in [0.1, 0.15) is 40.4 Å². The van der Waals surface area contributed by atoms with Gasteiger partial charge in [-0.2, -0.15) is 13.2 Å². The third-order valence-electron chi connectivity index (χ3n) is 4.39. The van der Waals surface area contributed by atoms with E-state index in [1.807, 2.05) is 32.2 Å². The van der Waals surface area contributed by atoms with Crippen molar-refractivity contribution in [1.82, 2.24) is 4.98 Å². The molecule has 0 amide bonds. The van der Waals surface area contributed by atoms with Gasteiger partial charge in [-0.05, 0) is 48.7 Å². The van der Waals surface area contributed by atoms with Gasteiger partial charge in [0, 0.05) is 18.0 Å². The normalized spacial score (nSPS) is 10.6. The molecule has 0 saturated carbocycles. The molecule has 0 N–H and O–H groups in total. The maximum absolute atomic E-state index is 13.0. The predicted octanol–water partition coefficient (Wildman–Crippen LogP) is 6.82. The maximum Gasteiger partial charge on any atom is 0.416 e. The molecule has 0 radical (unpaired) electrons. The first-order valence-corrected chi connectivity index (χ1v) is 9.70. The van der Waals surface area contributed by atoms with E-state index in [1.54, 1.807) is 30.5 Å². The van der Waals surface area contributed by atoms with Gasteiger partial charge in [0.2, 0.25) is 0 Å². The van der Waals surface area contributed by atoms with Gasteiger partial charge in [-0.25, -0.2) is 0 Å². The molecule has 0 atom stereocenters. The number of benzene rings is 2. The number of pyridine rings is 1. The lowest BCUT2D eigenvalue weighted by atomic mass is 10.0. The van der Waals surface area contributed by atoms with E-state index in [1.165, 1.54) is 23.8 Å². The van der Waals surface area contributed by atoms with Crippen molar-refractivity contribution >= 4 is 5.78 Å². The van der Waals surface area contributed by atoms with E-state index in [4.69, 9.17) is 4.74 Å². The Morgan fingerprint density at radius 3 is 2.29 bits per heavy atom. The fourth-order valence-corrected chi connectivity index (χ4v) is 2.66. The maximum atomic E-state index is 13.0. The van der Waals surface area contributed by atoms with Crippen LogP contribution in [0.3, 0.4) is 0 Å². The first kappa shape index (κ1) is 23.9. The fourth-order valence-electron chi connectivity index (χ4n) is 2.66. The minimum atomic E-state index is -4.45. The molecule has 1 aromatic heterocycles. The van der Waals surface area contributed by atoms with Gasteiger partial charge >= 0.3 is 6.18 Å². The van der Waals surface area contributed by atoms with Crippen LogP contribution in [0, 0.1) is 6.92 Å². The number of aromatic nitrogens is 1. The number of carbonyl (C=O) groups is 1. The number of hydrogen-bond acceptors (Lipinski definition) is 3. The van der Waals surface area contributed by atoms with Crippen LogP contribution in [-0.2, 0) is 12.8 Å². The first-order valence-electron chi connectivity index (χ1n) is 9.70. The Balaban J connectivity index is 0.000000412. The van der Waals surface area contributed by atoms with E-state index in [-0.39, 0.29) is 23.7 Å². The average molecular weight is 427 g/mol. The van der Waals surface area contributed by atoms with Crippen molar-refractivity contribution in [3.63, 3.8) is 0 Å². The highest BCUT2D eigenvalue weighted by Crippen LogP contribution is 2.32. The molecular weight excluding hydrogens is 403 g/mol. The lowest BCUT2D eigenvalue weighted by Crippen LogP contribution is -2.11. The van der Waals surface area contributed by atoms with Gasteiger partial charge in [-0.15, -0.1) is 0 Å². The van der Waals surface area contributed by atoms with Gasteiger partial charge in [0.05, 0.1) is 11.1 Å². The first-order chi connectivity index (χ1) is 14.7. The summed E-state index contributed by atoms with van der Waals surface area (Å²) in [6.45, 7) is 7.25. The standard InChI is InChI=1S/C19H17F3O2.C6H7N/c1-3-13(2)18(23)15-9-5-7-11-17(15)24-12-14-8-4-6-10-16(14)19(20,21)22;1-6-3-2-4-7-5-6/h4-11H,2-3,12H2,1H3;2-5H,1H3. The van der Waals surface area contributed by atoms with Crippen LogP contribution in [0.4, 0.5) is 13.2 Å². The molecule has 3 aromatic rings. The highest BCUT2D eigenvalue weighted by Gasteiger charge is 2.33. The molecule has 0 spiro atoms. The SMILES string of the molecule is C=C(CC)C(=O)c1ccccc1OCc1ccccc1C(F)(F)F.Cc1cccnc1. The summed E-state index contributed by atoms with van der Waals surface area (Å²) < 4.78 is 44.5. The summed E-state index contributed by atoms with van der Waals surface area (Å²) in [4.78, 5) is 16.2. The number of Topliss-reactive ketones (excluding diaryl/α,β-unsaturated/α-hetero) is 1. The minimum absolute atomic E-state index is 0.0153. The number of aryl methyl sites for hydroxylation is 1. The minimum Gasteiger partial charge on any atom is -0.488 e. The molecule has 0 fully saturated rings. The molecule has 0 unspecified atom stereocenters. The quantitative estimate of drug-likeness (QED) is 0.320. The number of carbonyl (C=O) groups excluding carboxylic acids is 1. The number of rotatable bonds is 6. The van der Waals surface area contributed by atoms with E-state index in [0.717, 1.165) is 6.07 Å². The highest BCUT2D eigenvalue weighted by atomic mass is 19.4. The van der Waals surface area contributed by atoms with Gasteiger partial charge in [0.15, 0.2) is 5.78 Å². The number of ketones is 1. The number of halogens is 3. The molecule has 2 aromatic carbocycles. The molecule has 0 bridgehead atoms. The van der Waals surface area contributed by atoms with E-state index in [2.05, 4.69) is 11.6 Å². The molecule has 3 nitrogen and oxygen atoms in total. The van der Waals surface area contributed by atoms with Crippen LogP contribution in [0.5, 0.6) is 5.75 Å². The number of hydrogen-bond donors (Lipinski definition) is 0. The smallest absolute Gasteiger partial charge is 0.416 e. The van der Waals surface area contributed by atoms with Crippen molar-refractivity contribution in [2.45, 2.75) is 33.1 Å². The Morgan fingerprint density at radius 2 is 1.71 bits per heavy atom. The number of para-hydroxylation sites is 1. The summed E-state index contributed by atoms with van der Waals surface area (Å²) in [5, 5.41) is 0. The summed E-state index contributed by atoms with van der Waals surface area (Å²) in [7, 11) is 0. The topological polar surface area (TPSA) is 39.2 Å². The molecule has 31 heavy (non-hydrogen) atoms. The van der Waals surface area contributed by atoms with Crippen LogP contribution in [-0.4, -0.2) is 10.8 Å². The van der Waals surface area contributed by atoms with E-state index in [0.29, 0.717) is 17.6 Å². The Hall–Kier alpha value is -3.41. The average Bonchev–Trinajstić information content (AvgIpc) is 2.77. The van der Waals surface area contributed by atoms with Crippen LogP contribution in [0.15, 0.2) is 85.2 Å². The second kappa shape index (κ2) is 11.1. The Bertz CT molecular complexity index is 1010. The second-order valence-corrected chi connectivity index (χ2v) is 6.76. The second-order valence-electron chi connectivity index (χ2n) is 6.76. The van der Waals surface area contributed by atoms with Crippen molar-refractivity contribution in [2.24, 2.45) is 0 Å². The van der Waals surface area contributed by atoms with Gasteiger partial charge in [0.25, 0.3) is 0 Å². The van der Waals surface area contributed by atoms with Gasteiger partial charge < -0.3 is 4.74 Å². The van der Waals surface area contributed by atoms with Gasteiger partial charge in [-0.1, -0.05) is 49.9 Å². The predicted molar refractivity (Wildman–Crippen MR) is 115 cm³/mol. The zero-order valence-corrected chi connectivity index (χ0v) is 17.4. The zero-order chi connectivity index (χ0) is 22.9. The number of alkyl halides is 3. The molecule has 0 aliphatic carbocycles. The molecule has 0 aliphatic rings. The molecule has 0 aliphatic heterocycles. The summed E-state index contributed by atoms with van der Waals surface area (Å²) in [6.07, 6.45) is -0.358. The van der Waals surface area contributed by atoms with Crippen molar-refractivity contribution < 1.29 is 22.7 Å². The van der Waals surface area contributed by atoms with E-state index < -0.39 is 11.7 Å². The Morgan fingerprint density at radius 1 is 1.03 bits per heavy atom. The molecule has 162 valence electrons. The van der Waals surface area contributed by atoms with Gasteiger partial charge in [0.1, 0.15) is 12.4 Å². The molecule has 3 rings (SSSR count). The van der Waals surface area contributed by atoms with E-state index in [9.17, 15) is 18.0 Å². The Kier molecular flexibility index (Phi) is 8.55. The third kappa shape index (κ3) is 7.10. The lowest BCUT2D eigenvalue weighted by Gasteiger charge is -2.15.